The predicted molar refractivity (Wildman–Crippen MR) is 92.9 cm³/mol. The van der Waals surface area contributed by atoms with Crippen LogP contribution in [0.4, 0.5) is 5.69 Å². The molecule has 128 valence electrons. The molecule has 0 spiro atoms. The Morgan fingerprint density at radius 2 is 2.00 bits per heavy atom. The Morgan fingerprint density at radius 1 is 1.25 bits per heavy atom. The molecule has 7 nitrogen and oxygen atoms in total. The van der Waals surface area contributed by atoms with Crippen molar-refractivity contribution >= 4 is 5.69 Å². The van der Waals surface area contributed by atoms with E-state index >= 15 is 0 Å². The maximum atomic E-state index is 12.4. The molecule has 0 atom stereocenters. The summed E-state index contributed by atoms with van der Waals surface area (Å²) in [6, 6.07) is 1.65. The lowest BCUT2D eigenvalue weighted by molar-refractivity contribution is 0.406. The first kappa shape index (κ1) is 16.4. The Balaban J connectivity index is 1.85. The number of nitrogens with zero attached hydrogens (tertiary/aromatic N) is 4. The lowest BCUT2D eigenvalue weighted by Crippen LogP contribution is -2.44. The van der Waals surface area contributed by atoms with Crippen LogP contribution in [-0.2, 0) is 6.54 Å². The highest BCUT2D eigenvalue weighted by Gasteiger charge is 2.14. The molecule has 1 fully saturated rings. The molecule has 0 radical (unpaired) electrons. The fourth-order valence-corrected chi connectivity index (χ4v) is 3.01. The summed E-state index contributed by atoms with van der Waals surface area (Å²) >= 11 is 0. The van der Waals surface area contributed by atoms with Crippen molar-refractivity contribution in [1.29, 1.82) is 0 Å². The van der Waals surface area contributed by atoms with Crippen molar-refractivity contribution in [2.45, 2.75) is 20.4 Å². The Kier molecular flexibility index (Phi) is 4.80. The van der Waals surface area contributed by atoms with E-state index in [1.165, 1.54) is 4.68 Å². The largest absolute Gasteiger partial charge is 0.496 e. The Morgan fingerprint density at radius 3 is 2.67 bits per heavy atom. The third-order valence-corrected chi connectivity index (χ3v) is 4.39. The van der Waals surface area contributed by atoms with Gasteiger partial charge in [0.25, 0.3) is 5.56 Å². The molecule has 2 aromatic rings. The molecule has 3 rings (SSSR count). The summed E-state index contributed by atoms with van der Waals surface area (Å²) < 4.78 is 6.86. The minimum Gasteiger partial charge on any atom is -0.496 e. The van der Waals surface area contributed by atoms with Gasteiger partial charge in [-0.15, -0.1) is 0 Å². The number of pyridine rings is 1. The average molecular weight is 329 g/mol. The van der Waals surface area contributed by atoms with Crippen LogP contribution in [0.5, 0.6) is 5.75 Å². The van der Waals surface area contributed by atoms with Crippen LogP contribution in [0.1, 0.15) is 16.8 Å². The number of piperazine rings is 1. The predicted octanol–water partition coefficient (Wildman–Crippen LogP) is 0.722. The van der Waals surface area contributed by atoms with Crippen LogP contribution in [0, 0.1) is 13.8 Å². The molecule has 1 aliphatic rings. The lowest BCUT2D eigenvalue weighted by Gasteiger charge is -2.28. The van der Waals surface area contributed by atoms with Crippen molar-refractivity contribution < 1.29 is 4.74 Å². The normalized spacial score (nSPS) is 14.7. The van der Waals surface area contributed by atoms with E-state index in [9.17, 15) is 4.79 Å². The second kappa shape index (κ2) is 7.00. The van der Waals surface area contributed by atoms with Gasteiger partial charge in [-0.1, -0.05) is 0 Å². The first-order chi connectivity index (χ1) is 11.6. The zero-order valence-corrected chi connectivity index (χ0v) is 14.4. The molecule has 2 aromatic heterocycles. The highest BCUT2D eigenvalue weighted by molar-refractivity contribution is 5.44. The molecule has 3 heterocycles. The van der Waals surface area contributed by atoms with Gasteiger partial charge in [-0.05, 0) is 13.8 Å². The molecular formula is C17H23N5O2. The molecule has 1 aliphatic heterocycles. The second-order valence-electron chi connectivity index (χ2n) is 5.99. The van der Waals surface area contributed by atoms with E-state index in [1.54, 1.807) is 25.6 Å². The molecule has 0 aromatic carbocycles. The summed E-state index contributed by atoms with van der Waals surface area (Å²) in [7, 11) is 1.64. The van der Waals surface area contributed by atoms with Crippen LogP contribution >= 0.6 is 0 Å². The number of hydrogen-bond donors (Lipinski definition) is 1. The molecule has 0 saturated carbocycles. The third-order valence-electron chi connectivity index (χ3n) is 4.39. The lowest BCUT2D eigenvalue weighted by atomic mass is 10.1. The average Bonchev–Trinajstić information content (AvgIpc) is 2.60. The van der Waals surface area contributed by atoms with Gasteiger partial charge >= 0.3 is 0 Å². The number of aromatic nitrogens is 3. The topological polar surface area (TPSA) is 72.3 Å². The van der Waals surface area contributed by atoms with E-state index < -0.39 is 0 Å². The SMILES string of the molecule is COc1c(C)cnc(Cn2ncc(N3CCNCC3)cc2=O)c1C. The maximum absolute atomic E-state index is 12.4. The van der Waals surface area contributed by atoms with Gasteiger partial charge in [0.15, 0.2) is 0 Å². The van der Waals surface area contributed by atoms with Gasteiger partial charge in [-0.3, -0.25) is 9.78 Å². The number of hydrogen-bond acceptors (Lipinski definition) is 6. The molecule has 7 heteroatoms. The van der Waals surface area contributed by atoms with E-state index in [-0.39, 0.29) is 5.56 Å². The van der Waals surface area contributed by atoms with E-state index in [1.807, 2.05) is 13.8 Å². The molecule has 0 bridgehead atoms. The van der Waals surface area contributed by atoms with Crippen LogP contribution in [0.2, 0.25) is 0 Å². The highest BCUT2D eigenvalue weighted by Crippen LogP contribution is 2.24. The highest BCUT2D eigenvalue weighted by atomic mass is 16.5. The number of methoxy groups -OCH3 is 1. The van der Waals surface area contributed by atoms with Crippen molar-refractivity contribution in [3.63, 3.8) is 0 Å². The molecule has 0 aliphatic carbocycles. The van der Waals surface area contributed by atoms with Crippen LogP contribution < -0.4 is 20.5 Å². The molecular weight excluding hydrogens is 306 g/mol. The zero-order valence-electron chi connectivity index (χ0n) is 14.4. The van der Waals surface area contributed by atoms with Gasteiger partial charge in [0.05, 0.1) is 31.2 Å². The van der Waals surface area contributed by atoms with Crippen LogP contribution in [0.15, 0.2) is 23.3 Å². The second-order valence-corrected chi connectivity index (χ2v) is 5.99. The van der Waals surface area contributed by atoms with Crippen LogP contribution in [0.25, 0.3) is 0 Å². The number of nitrogens with one attached hydrogen (secondary N) is 1. The zero-order chi connectivity index (χ0) is 17.1. The Labute approximate surface area is 141 Å². The van der Waals surface area contributed by atoms with Gasteiger partial charge in [0.2, 0.25) is 0 Å². The minimum absolute atomic E-state index is 0.119. The third kappa shape index (κ3) is 3.26. The molecule has 0 unspecified atom stereocenters. The summed E-state index contributed by atoms with van der Waals surface area (Å²) in [5, 5.41) is 7.63. The van der Waals surface area contributed by atoms with E-state index in [0.29, 0.717) is 6.54 Å². The molecule has 1 saturated heterocycles. The Bertz CT molecular complexity index is 781. The van der Waals surface area contributed by atoms with Gasteiger partial charge in [0.1, 0.15) is 5.75 Å². The summed E-state index contributed by atoms with van der Waals surface area (Å²) in [4.78, 5) is 19.0. The molecule has 0 amide bonds. The van der Waals surface area contributed by atoms with E-state index in [4.69, 9.17) is 4.74 Å². The Hall–Kier alpha value is -2.41. The van der Waals surface area contributed by atoms with Crippen molar-refractivity contribution in [1.82, 2.24) is 20.1 Å². The molecule has 24 heavy (non-hydrogen) atoms. The quantitative estimate of drug-likeness (QED) is 0.891. The number of ether oxygens (including phenoxy) is 1. The van der Waals surface area contributed by atoms with Crippen molar-refractivity contribution in [2.24, 2.45) is 0 Å². The first-order valence-electron chi connectivity index (χ1n) is 8.12. The van der Waals surface area contributed by atoms with Gasteiger partial charge in [0, 0.05) is 49.6 Å². The summed E-state index contributed by atoms with van der Waals surface area (Å²) in [5.41, 5.74) is 3.48. The first-order valence-corrected chi connectivity index (χ1v) is 8.12. The molecule has 1 N–H and O–H groups in total. The summed E-state index contributed by atoms with van der Waals surface area (Å²) in [6.07, 6.45) is 3.52. The minimum atomic E-state index is -0.119. The fourth-order valence-electron chi connectivity index (χ4n) is 3.01. The standard InChI is InChI=1S/C17H23N5O2/c1-12-9-19-15(13(2)17(12)24-3)11-22-16(23)8-14(10-20-22)21-6-4-18-5-7-21/h8-10,18H,4-7,11H2,1-3H3. The summed E-state index contributed by atoms with van der Waals surface area (Å²) in [5.74, 6) is 0.811. The number of rotatable bonds is 4. The van der Waals surface area contributed by atoms with Crippen LogP contribution in [0.3, 0.4) is 0 Å². The van der Waals surface area contributed by atoms with Gasteiger partial charge in [-0.2, -0.15) is 5.10 Å². The van der Waals surface area contributed by atoms with E-state index in [2.05, 4.69) is 20.3 Å². The monoisotopic (exact) mass is 329 g/mol. The van der Waals surface area contributed by atoms with Gasteiger partial charge in [-0.25, -0.2) is 4.68 Å². The van der Waals surface area contributed by atoms with Crippen molar-refractivity contribution in [3.05, 3.63) is 45.6 Å². The van der Waals surface area contributed by atoms with Crippen LogP contribution in [-0.4, -0.2) is 48.1 Å². The summed E-state index contributed by atoms with van der Waals surface area (Å²) in [6.45, 7) is 7.87. The van der Waals surface area contributed by atoms with Gasteiger partial charge < -0.3 is 15.0 Å². The number of anilines is 1. The van der Waals surface area contributed by atoms with Crippen molar-refractivity contribution in [2.75, 3.05) is 38.2 Å². The smallest absolute Gasteiger partial charge is 0.269 e. The van der Waals surface area contributed by atoms with Crippen molar-refractivity contribution in [3.8, 4) is 5.75 Å². The fraction of sp³-hybridized carbons (Fsp3) is 0.471. The van der Waals surface area contributed by atoms with E-state index in [0.717, 1.165) is 54.4 Å². The number of aryl methyl sites for hydroxylation is 1. The maximum Gasteiger partial charge on any atom is 0.269 e.